The van der Waals surface area contributed by atoms with Gasteiger partial charge in [-0.25, -0.2) is 4.98 Å². The van der Waals surface area contributed by atoms with Crippen LogP contribution in [0.4, 0.5) is 5.69 Å². The third-order valence-electron chi connectivity index (χ3n) is 4.35. The van der Waals surface area contributed by atoms with Gasteiger partial charge in [0.15, 0.2) is 0 Å². The van der Waals surface area contributed by atoms with Gasteiger partial charge in [0.25, 0.3) is 5.91 Å². The molecule has 1 aromatic heterocycles. The summed E-state index contributed by atoms with van der Waals surface area (Å²) in [6, 6.07) is 10.0. The molecule has 1 aromatic carbocycles. The number of carbonyl (C=O) groups is 3. The second-order valence-electron chi connectivity index (χ2n) is 6.55. The summed E-state index contributed by atoms with van der Waals surface area (Å²) in [7, 11) is 0. The van der Waals surface area contributed by atoms with E-state index in [-0.39, 0.29) is 24.3 Å². The predicted molar refractivity (Wildman–Crippen MR) is 101 cm³/mol. The van der Waals surface area contributed by atoms with Crippen LogP contribution >= 0.6 is 0 Å². The first kappa shape index (κ1) is 19.3. The molecule has 3 N–H and O–H groups in total. The molecule has 1 fully saturated rings. The van der Waals surface area contributed by atoms with Crippen molar-refractivity contribution in [1.29, 1.82) is 0 Å². The highest BCUT2D eigenvalue weighted by atomic mass is 16.5. The summed E-state index contributed by atoms with van der Waals surface area (Å²) in [5.41, 5.74) is 1.74. The van der Waals surface area contributed by atoms with Crippen LogP contribution in [0.3, 0.4) is 0 Å². The summed E-state index contributed by atoms with van der Waals surface area (Å²) in [4.78, 5) is 38.7. The van der Waals surface area contributed by atoms with Crippen LogP contribution in [0.5, 0.6) is 5.88 Å². The van der Waals surface area contributed by atoms with E-state index in [2.05, 4.69) is 15.6 Å². The van der Waals surface area contributed by atoms with Crippen LogP contribution < -0.4 is 15.4 Å². The molecule has 1 saturated carbocycles. The van der Waals surface area contributed by atoms with E-state index in [4.69, 9.17) is 9.84 Å². The van der Waals surface area contributed by atoms with E-state index in [1.54, 1.807) is 42.6 Å². The number of carbonyl (C=O) groups excluding carboxylic acids is 2. The molecular weight excluding hydrogens is 362 g/mol. The van der Waals surface area contributed by atoms with E-state index in [1.807, 2.05) is 0 Å². The Morgan fingerprint density at radius 3 is 2.54 bits per heavy atom. The van der Waals surface area contributed by atoms with Gasteiger partial charge in [0.2, 0.25) is 11.8 Å². The van der Waals surface area contributed by atoms with Crippen molar-refractivity contribution in [3.8, 4) is 5.88 Å². The molecular formula is C20H21N3O5. The maximum absolute atomic E-state index is 12.4. The average Bonchev–Trinajstić information content (AvgIpc) is 2.65. The van der Waals surface area contributed by atoms with Crippen molar-refractivity contribution in [2.24, 2.45) is 0 Å². The summed E-state index contributed by atoms with van der Waals surface area (Å²) in [5, 5.41) is 13.6. The number of benzene rings is 1. The number of carboxylic acids is 1. The van der Waals surface area contributed by atoms with Crippen LogP contribution in [-0.2, 0) is 16.0 Å². The van der Waals surface area contributed by atoms with E-state index in [0.29, 0.717) is 22.7 Å². The van der Waals surface area contributed by atoms with E-state index >= 15 is 0 Å². The fourth-order valence-corrected chi connectivity index (χ4v) is 2.61. The monoisotopic (exact) mass is 383 g/mol. The van der Waals surface area contributed by atoms with E-state index in [9.17, 15) is 14.4 Å². The van der Waals surface area contributed by atoms with Gasteiger partial charge in [-0.3, -0.25) is 14.4 Å². The molecule has 0 spiro atoms. The Balaban J connectivity index is 1.54. The quantitative estimate of drug-likeness (QED) is 0.642. The van der Waals surface area contributed by atoms with Gasteiger partial charge in [-0.1, -0.05) is 12.1 Å². The molecule has 8 heteroatoms. The van der Waals surface area contributed by atoms with Crippen LogP contribution in [0.15, 0.2) is 42.6 Å². The lowest BCUT2D eigenvalue weighted by molar-refractivity contribution is -0.137. The highest BCUT2D eigenvalue weighted by molar-refractivity contribution is 6.04. The minimum absolute atomic E-state index is 0.0632. The topological polar surface area (TPSA) is 118 Å². The molecule has 0 atom stereocenters. The predicted octanol–water partition coefficient (Wildman–Crippen LogP) is 2.01. The van der Waals surface area contributed by atoms with Crippen molar-refractivity contribution in [1.82, 2.24) is 10.3 Å². The number of anilines is 1. The zero-order valence-corrected chi connectivity index (χ0v) is 15.2. The Bertz CT molecular complexity index is 862. The number of nitrogens with one attached hydrogen (secondary N) is 2. The van der Waals surface area contributed by atoms with Crippen LogP contribution in [0.2, 0.25) is 0 Å². The van der Waals surface area contributed by atoms with Gasteiger partial charge in [0, 0.05) is 23.5 Å². The number of amides is 2. The number of aliphatic carboxylic acids is 1. The molecule has 1 heterocycles. The first-order valence-corrected chi connectivity index (χ1v) is 9.01. The van der Waals surface area contributed by atoms with Crippen LogP contribution in [0, 0.1) is 0 Å². The van der Waals surface area contributed by atoms with Gasteiger partial charge in [-0.15, -0.1) is 0 Å². The molecule has 3 rings (SSSR count). The number of hydrogen-bond acceptors (Lipinski definition) is 5. The Kier molecular flexibility index (Phi) is 6.21. The molecule has 2 amide bonds. The molecule has 0 aliphatic heterocycles. The Labute approximate surface area is 161 Å². The molecule has 2 aromatic rings. The lowest BCUT2D eigenvalue weighted by Gasteiger charge is -2.25. The molecule has 0 unspecified atom stereocenters. The number of aromatic nitrogens is 1. The molecule has 146 valence electrons. The highest BCUT2D eigenvalue weighted by Gasteiger charge is 2.20. The number of hydrogen-bond donors (Lipinski definition) is 3. The van der Waals surface area contributed by atoms with Crippen molar-refractivity contribution >= 4 is 23.5 Å². The van der Waals surface area contributed by atoms with Crippen molar-refractivity contribution < 1.29 is 24.2 Å². The summed E-state index contributed by atoms with van der Waals surface area (Å²) in [5.74, 6) is -1.31. The fourth-order valence-electron chi connectivity index (χ4n) is 2.61. The Morgan fingerprint density at radius 1 is 1.14 bits per heavy atom. The van der Waals surface area contributed by atoms with Crippen LogP contribution in [0.25, 0.3) is 0 Å². The van der Waals surface area contributed by atoms with E-state index < -0.39 is 12.5 Å². The van der Waals surface area contributed by atoms with Gasteiger partial charge in [-0.05, 0) is 43.0 Å². The maximum Gasteiger partial charge on any atom is 0.322 e. The second-order valence-corrected chi connectivity index (χ2v) is 6.55. The van der Waals surface area contributed by atoms with Crippen molar-refractivity contribution in [2.75, 3.05) is 11.9 Å². The second kappa shape index (κ2) is 8.98. The maximum atomic E-state index is 12.4. The lowest BCUT2D eigenvalue weighted by atomic mass is 9.96. The molecule has 0 bridgehead atoms. The molecule has 1 aliphatic rings. The van der Waals surface area contributed by atoms with Gasteiger partial charge in [0.05, 0.1) is 6.42 Å². The number of rotatable bonds is 8. The minimum Gasteiger partial charge on any atom is -0.480 e. The molecule has 1 aliphatic carbocycles. The average molecular weight is 383 g/mol. The van der Waals surface area contributed by atoms with Gasteiger partial charge in [0.1, 0.15) is 12.6 Å². The van der Waals surface area contributed by atoms with Crippen molar-refractivity contribution in [3.05, 3.63) is 53.7 Å². The SMILES string of the molecule is O=C(O)CNC(=O)Cc1ccc(NC(=O)c2ccnc(OC3CCC3)c2)cc1. The summed E-state index contributed by atoms with van der Waals surface area (Å²) < 4.78 is 5.71. The summed E-state index contributed by atoms with van der Waals surface area (Å²) >= 11 is 0. The molecule has 0 saturated heterocycles. The van der Waals surface area contributed by atoms with Gasteiger partial charge < -0.3 is 20.5 Å². The Morgan fingerprint density at radius 2 is 1.89 bits per heavy atom. The number of carboxylic acid groups (broad SMARTS) is 1. The summed E-state index contributed by atoms with van der Waals surface area (Å²) in [6.45, 7) is -0.411. The fraction of sp³-hybridized carbons (Fsp3) is 0.300. The van der Waals surface area contributed by atoms with Gasteiger partial charge >= 0.3 is 5.97 Å². The zero-order chi connectivity index (χ0) is 19.9. The number of pyridine rings is 1. The first-order valence-electron chi connectivity index (χ1n) is 9.01. The first-order chi connectivity index (χ1) is 13.5. The van der Waals surface area contributed by atoms with E-state index in [0.717, 1.165) is 19.3 Å². The van der Waals surface area contributed by atoms with Gasteiger partial charge in [-0.2, -0.15) is 0 Å². The van der Waals surface area contributed by atoms with E-state index in [1.165, 1.54) is 0 Å². The van der Waals surface area contributed by atoms with Crippen molar-refractivity contribution in [2.45, 2.75) is 31.8 Å². The van der Waals surface area contributed by atoms with Crippen molar-refractivity contribution in [3.63, 3.8) is 0 Å². The third-order valence-corrected chi connectivity index (χ3v) is 4.35. The Hall–Kier alpha value is -3.42. The minimum atomic E-state index is -1.09. The largest absolute Gasteiger partial charge is 0.480 e. The molecule has 8 nitrogen and oxygen atoms in total. The highest BCUT2D eigenvalue weighted by Crippen LogP contribution is 2.24. The molecule has 28 heavy (non-hydrogen) atoms. The standard InChI is InChI=1S/C20H21N3O5/c24-17(22-12-19(25)26)10-13-4-6-15(7-5-13)23-20(27)14-8-9-21-18(11-14)28-16-2-1-3-16/h4-9,11,16H,1-3,10,12H2,(H,22,24)(H,23,27)(H,25,26). The third kappa shape index (κ3) is 5.54. The van der Waals surface area contributed by atoms with Crippen LogP contribution in [0.1, 0.15) is 35.2 Å². The van der Waals surface area contributed by atoms with Crippen LogP contribution in [-0.4, -0.2) is 40.5 Å². The number of nitrogens with zero attached hydrogens (tertiary/aromatic N) is 1. The smallest absolute Gasteiger partial charge is 0.322 e. The lowest BCUT2D eigenvalue weighted by Crippen LogP contribution is -2.30. The number of ether oxygens (including phenoxy) is 1. The zero-order valence-electron chi connectivity index (χ0n) is 15.2. The summed E-state index contributed by atoms with van der Waals surface area (Å²) in [6.07, 6.45) is 4.97. The normalized spacial score (nSPS) is 13.3. The molecule has 0 radical (unpaired) electrons.